The lowest BCUT2D eigenvalue weighted by Gasteiger charge is -2.16. The van der Waals surface area contributed by atoms with Crippen molar-refractivity contribution < 1.29 is 28.6 Å². The third-order valence-electron chi connectivity index (χ3n) is 5.03. The standard InChI is InChI=1S/C19H35N5O6S/c20-24-17(26)5-7-28-9-11-30-12-10-29-8-6-21-16(25)4-2-1-3-15-18-14(13-31-15)22-19(27)23-18/h14-15,18H,1-13,20H2,(H,21,25)(H,24,26)(H2,22,23,27)/t14-,15-,18-/m1/s1. The van der Waals surface area contributed by atoms with Gasteiger partial charge in [0.2, 0.25) is 11.8 Å². The molecule has 3 atom stereocenters. The Morgan fingerprint density at radius 3 is 2.42 bits per heavy atom. The first kappa shape index (κ1) is 25.7. The van der Waals surface area contributed by atoms with Gasteiger partial charge in [-0.25, -0.2) is 10.6 Å². The second kappa shape index (κ2) is 15.2. The van der Waals surface area contributed by atoms with Gasteiger partial charge in [-0.2, -0.15) is 11.8 Å². The van der Waals surface area contributed by atoms with Crippen LogP contribution in [0.1, 0.15) is 32.1 Å². The maximum absolute atomic E-state index is 11.9. The molecule has 4 amide bonds. The van der Waals surface area contributed by atoms with Crippen molar-refractivity contribution >= 4 is 29.6 Å². The smallest absolute Gasteiger partial charge is 0.315 e. The van der Waals surface area contributed by atoms with Crippen LogP contribution in [0.15, 0.2) is 0 Å². The summed E-state index contributed by atoms with van der Waals surface area (Å²) in [4.78, 5) is 34.1. The molecule has 0 unspecified atom stereocenters. The van der Waals surface area contributed by atoms with Crippen molar-refractivity contribution in [2.45, 2.75) is 49.4 Å². The van der Waals surface area contributed by atoms with Crippen molar-refractivity contribution in [3.8, 4) is 0 Å². The SMILES string of the molecule is NNC(=O)CCOCCOCCOCCNC(=O)CCCC[C@H]1SC[C@H]2NC(=O)N[C@H]21. The lowest BCUT2D eigenvalue weighted by Crippen LogP contribution is -2.36. The minimum Gasteiger partial charge on any atom is -0.379 e. The molecule has 2 fully saturated rings. The highest BCUT2D eigenvalue weighted by molar-refractivity contribution is 8.00. The molecule has 0 aliphatic carbocycles. The number of amides is 4. The van der Waals surface area contributed by atoms with E-state index in [0.29, 0.717) is 57.9 Å². The summed E-state index contributed by atoms with van der Waals surface area (Å²) < 4.78 is 16.0. The van der Waals surface area contributed by atoms with E-state index in [1.165, 1.54) is 0 Å². The second-order valence-corrected chi connectivity index (χ2v) is 8.64. The molecule has 0 aromatic heterocycles. The van der Waals surface area contributed by atoms with Crippen molar-refractivity contribution in [2.24, 2.45) is 5.84 Å². The molecule has 2 aliphatic heterocycles. The number of carbonyl (C=O) groups is 3. The first-order valence-electron chi connectivity index (χ1n) is 10.8. The van der Waals surface area contributed by atoms with Crippen LogP contribution in [0, 0.1) is 0 Å². The molecular weight excluding hydrogens is 426 g/mol. The first-order valence-corrected chi connectivity index (χ1v) is 11.8. The summed E-state index contributed by atoms with van der Waals surface area (Å²) in [7, 11) is 0. The zero-order valence-electron chi connectivity index (χ0n) is 17.9. The predicted molar refractivity (Wildman–Crippen MR) is 116 cm³/mol. The number of ether oxygens (including phenoxy) is 3. The summed E-state index contributed by atoms with van der Waals surface area (Å²) in [5, 5.41) is 9.22. The Balaban J connectivity index is 1.31. The van der Waals surface area contributed by atoms with Crippen LogP contribution in [-0.4, -0.2) is 87.1 Å². The van der Waals surface area contributed by atoms with Crippen LogP contribution >= 0.6 is 11.8 Å². The highest BCUT2D eigenvalue weighted by Gasteiger charge is 2.42. The highest BCUT2D eigenvalue weighted by Crippen LogP contribution is 2.33. The number of hydrogen-bond donors (Lipinski definition) is 5. The van der Waals surface area contributed by atoms with E-state index in [2.05, 4.69) is 16.0 Å². The monoisotopic (exact) mass is 461 g/mol. The number of hydrazine groups is 1. The molecule has 0 bridgehead atoms. The van der Waals surface area contributed by atoms with Gasteiger partial charge in [-0.3, -0.25) is 15.0 Å². The minimum atomic E-state index is -0.263. The number of fused-ring (bicyclic) bond motifs is 1. The number of nitrogens with one attached hydrogen (secondary N) is 4. The normalized spacial score (nSPS) is 22.0. The van der Waals surface area contributed by atoms with Crippen molar-refractivity contribution in [3.63, 3.8) is 0 Å². The van der Waals surface area contributed by atoms with Gasteiger partial charge in [0, 0.05) is 24.0 Å². The predicted octanol–water partition coefficient (Wildman–Crippen LogP) is -0.742. The average Bonchev–Trinajstić information content (AvgIpc) is 3.31. The summed E-state index contributed by atoms with van der Waals surface area (Å²) in [6.45, 7) is 2.93. The Hall–Kier alpha value is -1.60. The largest absolute Gasteiger partial charge is 0.379 e. The summed E-state index contributed by atoms with van der Waals surface area (Å²) in [6, 6.07) is 0.415. The van der Waals surface area contributed by atoms with Gasteiger partial charge in [-0.1, -0.05) is 6.42 Å². The van der Waals surface area contributed by atoms with Crippen LogP contribution in [0.3, 0.4) is 0 Å². The van der Waals surface area contributed by atoms with Crippen molar-refractivity contribution in [1.82, 2.24) is 21.4 Å². The van der Waals surface area contributed by atoms with Crippen LogP contribution < -0.4 is 27.2 Å². The molecule has 0 saturated carbocycles. The van der Waals surface area contributed by atoms with E-state index in [-0.39, 0.29) is 36.3 Å². The highest BCUT2D eigenvalue weighted by atomic mass is 32.2. The lowest BCUT2D eigenvalue weighted by molar-refractivity contribution is -0.123. The van der Waals surface area contributed by atoms with Gasteiger partial charge < -0.3 is 30.2 Å². The van der Waals surface area contributed by atoms with Crippen LogP contribution in [0.2, 0.25) is 0 Å². The number of nitrogens with two attached hydrogens (primary N) is 1. The molecule has 2 saturated heterocycles. The molecule has 6 N–H and O–H groups in total. The zero-order chi connectivity index (χ0) is 22.3. The number of urea groups is 1. The van der Waals surface area contributed by atoms with E-state index >= 15 is 0 Å². The van der Waals surface area contributed by atoms with Gasteiger partial charge in [-0.15, -0.1) is 0 Å². The second-order valence-electron chi connectivity index (χ2n) is 7.37. The Bertz CT molecular complexity index is 570. The van der Waals surface area contributed by atoms with Crippen molar-refractivity contribution in [2.75, 3.05) is 51.9 Å². The molecule has 2 rings (SSSR count). The van der Waals surface area contributed by atoms with Gasteiger partial charge in [0.1, 0.15) is 0 Å². The lowest BCUT2D eigenvalue weighted by atomic mass is 10.0. The van der Waals surface area contributed by atoms with Crippen molar-refractivity contribution in [1.29, 1.82) is 0 Å². The van der Waals surface area contributed by atoms with E-state index in [1.807, 2.05) is 17.2 Å². The van der Waals surface area contributed by atoms with E-state index in [0.717, 1.165) is 25.0 Å². The topological polar surface area (TPSA) is 153 Å². The summed E-state index contributed by atoms with van der Waals surface area (Å²) in [6.07, 6.45) is 3.56. The minimum absolute atomic E-state index is 0.0353. The maximum atomic E-state index is 11.9. The van der Waals surface area contributed by atoms with Gasteiger partial charge in [0.15, 0.2) is 0 Å². The number of rotatable bonds is 17. The number of thioether (sulfide) groups is 1. The Morgan fingerprint density at radius 2 is 1.68 bits per heavy atom. The maximum Gasteiger partial charge on any atom is 0.315 e. The molecule has 0 aromatic carbocycles. The average molecular weight is 462 g/mol. The number of unbranched alkanes of at least 4 members (excludes halogenated alkanes) is 1. The fraction of sp³-hybridized carbons (Fsp3) is 0.842. The van der Waals surface area contributed by atoms with E-state index in [9.17, 15) is 14.4 Å². The van der Waals surface area contributed by atoms with Crippen LogP contribution in [0.5, 0.6) is 0 Å². The Morgan fingerprint density at radius 1 is 0.968 bits per heavy atom. The van der Waals surface area contributed by atoms with Crippen LogP contribution in [0.4, 0.5) is 4.79 Å². The summed E-state index contributed by atoms with van der Waals surface area (Å²) >= 11 is 1.90. The van der Waals surface area contributed by atoms with Crippen LogP contribution in [-0.2, 0) is 23.8 Å². The number of hydrogen-bond acceptors (Lipinski definition) is 8. The van der Waals surface area contributed by atoms with E-state index in [1.54, 1.807) is 0 Å². The molecule has 178 valence electrons. The Labute approximate surface area is 187 Å². The zero-order valence-corrected chi connectivity index (χ0v) is 18.7. The molecular formula is C19H35N5O6S. The molecule has 0 aromatic rings. The molecule has 2 heterocycles. The summed E-state index contributed by atoms with van der Waals surface area (Å²) in [5.74, 6) is 5.69. The molecule has 11 nitrogen and oxygen atoms in total. The molecule has 31 heavy (non-hydrogen) atoms. The van der Waals surface area contributed by atoms with E-state index < -0.39 is 0 Å². The fourth-order valence-electron chi connectivity index (χ4n) is 3.40. The number of carbonyl (C=O) groups excluding carboxylic acids is 3. The first-order chi connectivity index (χ1) is 15.1. The van der Waals surface area contributed by atoms with E-state index in [4.69, 9.17) is 20.1 Å². The van der Waals surface area contributed by atoms with Gasteiger partial charge in [-0.05, 0) is 12.8 Å². The Kier molecular flexibility index (Phi) is 12.6. The van der Waals surface area contributed by atoms with Gasteiger partial charge in [0.05, 0.1) is 58.1 Å². The van der Waals surface area contributed by atoms with Gasteiger partial charge >= 0.3 is 6.03 Å². The van der Waals surface area contributed by atoms with Gasteiger partial charge in [0.25, 0.3) is 0 Å². The van der Waals surface area contributed by atoms with Crippen molar-refractivity contribution in [3.05, 3.63) is 0 Å². The fourth-order valence-corrected chi connectivity index (χ4v) is 4.95. The summed E-state index contributed by atoms with van der Waals surface area (Å²) in [5.41, 5.74) is 2.03. The third kappa shape index (κ3) is 10.5. The third-order valence-corrected chi connectivity index (χ3v) is 6.54. The quantitative estimate of drug-likeness (QED) is 0.0624. The molecule has 0 spiro atoms. The molecule has 12 heteroatoms. The molecule has 2 aliphatic rings. The van der Waals surface area contributed by atoms with Crippen LogP contribution in [0.25, 0.3) is 0 Å². The molecule has 0 radical (unpaired) electrons.